The molecule has 2 aromatic heterocycles. The van der Waals surface area contributed by atoms with E-state index < -0.39 is 0 Å². The van der Waals surface area contributed by atoms with E-state index in [0.717, 1.165) is 67.7 Å². The minimum absolute atomic E-state index is 0.649. The first-order valence-electron chi connectivity index (χ1n) is 11.3. The summed E-state index contributed by atoms with van der Waals surface area (Å²) in [5.41, 5.74) is 0.923. The highest BCUT2D eigenvalue weighted by Crippen LogP contribution is 2.25. The molecule has 3 aromatic rings. The lowest BCUT2D eigenvalue weighted by atomic mass is 10.2. The summed E-state index contributed by atoms with van der Waals surface area (Å²) >= 11 is 0. The van der Waals surface area contributed by atoms with E-state index in [9.17, 15) is 0 Å². The number of hydrogen-bond acceptors (Lipinski definition) is 8. The molecular weight excluding hydrogens is 402 g/mol. The van der Waals surface area contributed by atoms with Gasteiger partial charge in [-0.15, -0.1) is 0 Å². The average molecular weight is 432 g/mol. The molecule has 0 radical (unpaired) electrons. The number of morpholine rings is 1. The number of rotatable bonds is 5. The van der Waals surface area contributed by atoms with Crippen LogP contribution in [0.3, 0.4) is 0 Å². The van der Waals surface area contributed by atoms with Crippen LogP contribution in [0.25, 0.3) is 23.1 Å². The zero-order chi connectivity index (χ0) is 21.9. The zero-order valence-electron chi connectivity index (χ0n) is 18.7. The quantitative estimate of drug-likeness (QED) is 0.610. The lowest BCUT2D eigenvalue weighted by molar-refractivity contribution is 0.122. The smallest absolute Gasteiger partial charge is 0.156 e. The van der Waals surface area contributed by atoms with E-state index in [-0.39, 0.29) is 0 Å². The van der Waals surface area contributed by atoms with Crippen LogP contribution in [0.15, 0.2) is 30.3 Å². The SMILES string of the molecule is CN(C)c1nc(C=Cc2nc(N3CCCC3)cc(N3CCOCC3)n2)nc2ccccc12. The number of para-hydroxylation sites is 1. The van der Waals surface area contributed by atoms with Crippen molar-refractivity contribution in [3.05, 3.63) is 42.0 Å². The molecule has 0 aliphatic carbocycles. The molecule has 2 fully saturated rings. The Hall–Kier alpha value is -3.26. The second-order valence-electron chi connectivity index (χ2n) is 8.39. The first kappa shape index (κ1) is 20.6. The molecule has 8 heteroatoms. The molecule has 2 aliphatic rings. The maximum absolute atomic E-state index is 5.52. The summed E-state index contributed by atoms with van der Waals surface area (Å²) in [6, 6.07) is 10.2. The number of fused-ring (bicyclic) bond motifs is 1. The second kappa shape index (κ2) is 9.08. The van der Waals surface area contributed by atoms with Crippen molar-refractivity contribution in [1.82, 2.24) is 19.9 Å². The van der Waals surface area contributed by atoms with E-state index in [1.54, 1.807) is 0 Å². The maximum atomic E-state index is 5.52. The fourth-order valence-corrected chi connectivity index (χ4v) is 4.22. The molecule has 5 rings (SSSR count). The Morgan fingerprint density at radius 1 is 0.812 bits per heavy atom. The fourth-order valence-electron chi connectivity index (χ4n) is 4.22. The number of anilines is 3. The Morgan fingerprint density at radius 3 is 2.12 bits per heavy atom. The van der Waals surface area contributed by atoms with Crippen LogP contribution < -0.4 is 14.7 Å². The van der Waals surface area contributed by atoms with Gasteiger partial charge in [0.05, 0.1) is 18.7 Å². The van der Waals surface area contributed by atoms with Crippen LogP contribution in [0.2, 0.25) is 0 Å². The molecular formula is C24H29N7O. The predicted molar refractivity (Wildman–Crippen MR) is 129 cm³/mol. The van der Waals surface area contributed by atoms with Crippen molar-refractivity contribution in [3.63, 3.8) is 0 Å². The number of benzene rings is 1. The number of aromatic nitrogens is 4. The predicted octanol–water partition coefficient (Wildman–Crippen LogP) is 3.09. The number of hydrogen-bond donors (Lipinski definition) is 0. The Bertz CT molecular complexity index is 1120. The third kappa shape index (κ3) is 4.36. The van der Waals surface area contributed by atoms with Crippen molar-refractivity contribution >= 4 is 40.5 Å². The summed E-state index contributed by atoms with van der Waals surface area (Å²) in [6.45, 7) is 5.24. The molecule has 8 nitrogen and oxygen atoms in total. The molecule has 2 saturated heterocycles. The van der Waals surface area contributed by atoms with Gasteiger partial charge in [-0.1, -0.05) is 12.1 Å². The summed E-state index contributed by atoms with van der Waals surface area (Å²) in [4.78, 5) is 25.8. The van der Waals surface area contributed by atoms with Crippen LogP contribution in [-0.4, -0.2) is 73.4 Å². The summed E-state index contributed by atoms with van der Waals surface area (Å²) in [6.07, 6.45) is 6.25. The lowest BCUT2D eigenvalue weighted by Gasteiger charge is -2.29. The van der Waals surface area contributed by atoms with Crippen molar-refractivity contribution in [2.45, 2.75) is 12.8 Å². The summed E-state index contributed by atoms with van der Waals surface area (Å²) in [5.74, 6) is 4.18. The number of ether oxygens (including phenoxy) is 1. The van der Waals surface area contributed by atoms with Crippen LogP contribution in [0.1, 0.15) is 24.5 Å². The van der Waals surface area contributed by atoms with Gasteiger partial charge >= 0.3 is 0 Å². The van der Waals surface area contributed by atoms with Crippen molar-refractivity contribution < 1.29 is 4.74 Å². The Morgan fingerprint density at radius 2 is 1.44 bits per heavy atom. The van der Waals surface area contributed by atoms with E-state index >= 15 is 0 Å². The van der Waals surface area contributed by atoms with E-state index in [1.807, 2.05) is 49.3 Å². The molecule has 0 spiro atoms. The minimum atomic E-state index is 0.649. The van der Waals surface area contributed by atoms with Gasteiger partial charge in [0.25, 0.3) is 0 Å². The van der Waals surface area contributed by atoms with Gasteiger partial charge in [-0.05, 0) is 37.1 Å². The second-order valence-corrected chi connectivity index (χ2v) is 8.39. The fraction of sp³-hybridized carbons (Fsp3) is 0.417. The van der Waals surface area contributed by atoms with Crippen molar-refractivity contribution in [2.75, 3.05) is 68.2 Å². The van der Waals surface area contributed by atoms with Crippen LogP contribution in [-0.2, 0) is 4.74 Å². The highest BCUT2D eigenvalue weighted by atomic mass is 16.5. The highest BCUT2D eigenvalue weighted by Gasteiger charge is 2.19. The van der Waals surface area contributed by atoms with Crippen LogP contribution in [0.4, 0.5) is 17.5 Å². The number of nitrogens with zero attached hydrogens (tertiary/aromatic N) is 7. The monoisotopic (exact) mass is 431 g/mol. The molecule has 0 saturated carbocycles. The third-order valence-corrected chi connectivity index (χ3v) is 5.89. The Kier molecular flexibility index (Phi) is 5.85. The van der Waals surface area contributed by atoms with Crippen LogP contribution >= 0.6 is 0 Å². The molecule has 1 aromatic carbocycles. The van der Waals surface area contributed by atoms with E-state index in [4.69, 9.17) is 24.7 Å². The minimum Gasteiger partial charge on any atom is -0.378 e. The summed E-state index contributed by atoms with van der Waals surface area (Å²) < 4.78 is 5.52. The molecule has 0 atom stereocenters. The topological polar surface area (TPSA) is 70.5 Å². The van der Waals surface area contributed by atoms with Gasteiger partial charge in [0.2, 0.25) is 0 Å². The highest BCUT2D eigenvalue weighted by molar-refractivity contribution is 5.90. The van der Waals surface area contributed by atoms with Gasteiger partial charge in [0, 0.05) is 51.7 Å². The third-order valence-electron chi connectivity index (χ3n) is 5.89. The molecule has 0 bridgehead atoms. The van der Waals surface area contributed by atoms with Gasteiger partial charge < -0.3 is 19.4 Å². The van der Waals surface area contributed by atoms with Gasteiger partial charge in [-0.2, -0.15) is 0 Å². The summed E-state index contributed by atoms with van der Waals surface area (Å²) in [5, 5.41) is 1.04. The zero-order valence-corrected chi connectivity index (χ0v) is 18.7. The molecule has 2 aliphatic heterocycles. The van der Waals surface area contributed by atoms with Gasteiger partial charge in [-0.25, -0.2) is 19.9 Å². The molecule has 0 N–H and O–H groups in total. The maximum Gasteiger partial charge on any atom is 0.156 e. The van der Waals surface area contributed by atoms with E-state index in [2.05, 4.69) is 21.9 Å². The summed E-state index contributed by atoms with van der Waals surface area (Å²) in [7, 11) is 4.00. The van der Waals surface area contributed by atoms with E-state index in [0.29, 0.717) is 11.6 Å². The first-order chi connectivity index (χ1) is 15.7. The molecule has 32 heavy (non-hydrogen) atoms. The lowest BCUT2D eigenvalue weighted by Crippen LogP contribution is -2.37. The molecule has 0 amide bonds. The van der Waals surface area contributed by atoms with Crippen molar-refractivity contribution in [3.8, 4) is 0 Å². The van der Waals surface area contributed by atoms with Gasteiger partial charge in [0.1, 0.15) is 17.5 Å². The van der Waals surface area contributed by atoms with Crippen molar-refractivity contribution in [2.24, 2.45) is 0 Å². The Labute approximate surface area is 188 Å². The van der Waals surface area contributed by atoms with E-state index in [1.165, 1.54) is 12.8 Å². The van der Waals surface area contributed by atoms with Crippen molar-refractivity contribution in [1.29, 1.82) is 0 Å². The molecule has 166 valence electrons. The normalized spacial score (nSPS) is 16.9. The van der Waals surface area contributed by atoms with Gasteiger partial charge in [0.15, 0.2) is 11.6 Å². The molecule has 4 heterocycles. The molecule has 0 unspecified atom stereocenters. The average Bonchev–Trinajstić information content (AvgIpc) is 3.38. The first-order valence-corrected chi connectivity index (χ1v) is 11.3. The van der Waals surface area contributed by atoms with Gasteiger partial charge in [-0.3, -0.25) is 0 Å². The largest absolute Gasteiger partial charge is 0.378 e. The standard InChI is InChI=1S/C24H29N7O/c1-29(2)24-18-7-3-4-8-19(18)25-20(28-24)9-10-21-26-22(30-11-5-6-12-30)17-23(27-21)31-13-15-32-16-14-31/h3-4,7-10,17H,5-6,11-16H2,1-2H3. The Balaban J connectivity index is 1.50. The van der Waals surface area contributed by atoms with Crippen LogP contribution in [0.5, 0.6) is 0 Å². The van der Waals surface area contributed by atoms with Crippen LogP contribution in [0, 0.1) is 0 Å².